The van der Waals surface area contributed by atoms with Gasteiger partial charge < -0.3 is 10.2 Å². The molecular weight excluding hydrogens is 424 g/mol. The number of aliphatic imine (C=N–C) groups is 1. The summed E-state index contributed by atoms with van der Waals surface area (Å²) in [7, 11) is 0. The zero-order valence-corrected chi connectivity index (χ0v) is 19.9. The maximum atomic E-state index is 13.9. The number of rotatable bonds is 3. The Labute approximate surface area is 199 Å². The third kappa shape index (κ3) is 3.42. The van der Waals surface area contributed by atoms with Crippen LogP contribution in [0.5, 0.6) is 0 Å². The van der Waals surface area contributed by atoms with Gasteiger partial charge in [0.25, 0.3) is 5.91 Å². The molecule has 3 unspecified atom stereocenters. The van der Waals surface area contributed by atoms with Crippen LogP contribution in [-0.2, 0) is 0 Å². The number of amides is 1. The molecule has 5 heterocycles. The Kier molecular flexibility index (Phi) is 4.85. The van der Waals surface area contributed by atoms with Crippen molar-refractivity contribution in [3.63, 3.8) is 0 Å². The third-order valence-electron chi connectivity index (χ3n) is 7.44. The van der Waals surface area contributed by atoms with E-state index in [4.69, 9.17) is 10.1 Å². The van der Waals surface area contributed by atoms with Crippen LogP contribution < -0.4 is 5.32 Å². The highest BCUT2D eigenvalue weighted by atomic mass is 16.2. The molecule has 7 nitrogen and oxygen atoms in total. The van der Waals surface area contributed by atoms with E-state index in [1.807, 2.05) is 64.1 Å². The van der Waals surface area contributed by atoms with Gasteiger partial charge in [-0.15, -0.1) is 0 Å². The van der Waals surface area contributed by atoms with Gasteiger partial charge in [0.05, 0.1) is 11.1 Å². The Morgan fingerprint density at radius 2 is 1.71 bits per heavy atom. The van der Waals surface area contributed by atoms with E-state index in [-0.39, 0.29) is 5.91 Å². The number of likely N-dealkylation sites (tertiary alicyclic amines) is 2. The average Bonchev–Trinajstić information content (AvgIpc) is 3.50. The fourth-order valence-corrected chi connectivity index (χ4v) is 5.96. The van der Waals surface area contributed by atoms with E-state index in [2.05, 4.69) is 37.1 Å². The quantitative estimate of drug-likeness (QED) is 0.656. The van der Waals surface area contributed by atoms with Gasteiger partial charge in [-0.05, 0) is 50.8 Å². The molecule has 3 aromatic rings. The number of carbonyl (C=O) groups excluding carboxylic acids is 1. The predicted molar refractivity (Wildman–Crippen MR) is 133 cm³/mol. The van der Waals surface area contributed by atoms with Crippen LogP contribution in [0.25, 0.3) is 16.8 Å². The van der Waals surface area contributed by atoms with Gasteiger partial charge in [0.2, 0.25) is 0 Å². The molecule has 34 heavy (non-hydrogen) atoms. The largest absolute Gasteiger partial charge is 0.353 e. The molecule has 3 aliphatic heterocycles. The number of benzene rings is 1. The van der Waals surface area contributed by atoms with Gasteiger partial charge in [-0.2, -0.15) is 5.10 Å². The predicted octanol–water partition coefficient (Wildman–Crippen LogP) is 3.65. The molecule has 0 spiro atoms. The number of nitrogens with zero attached hydrogens (tertiary/aromatic N) is 5. The maximum absolute atomic E-state index is 13.9. The Bertz CT molecular complexity index is 1310. The molecule has 2 fully saturated rings. The Hall–Kier alpha value is -3.45. The molecule has 0 bridgehead atoms. The van der Waals surface area contributed by atoms with E-state index in [1.165, 1.54) is 0 Å². The SMILES string of the molecule is CC1=CC(C)=NC(C)(N2CC3CN(C(=O)c4c(-c5ccccc5)nn5ccccc45)CC3C2)N1. The fourth-order valence-electron chi connectivity index (χ4n) is 5.96. The second-order valence-corrected chi connectivity index (χ2v) is 9.98. The molecular formula is C27H30N6O. The summed E-state index contributed by atoms with van der Waals surface area (Å²) in [6.07, 6.45) is 3.99. The van der Waals surface area contributed by atoms with Crippen molar-refractivity contribution < 1.29 is 4.79 Å². The lowest BCUT2D eigenvalue weighted by Gasteiger charge is -2.40. The zero-order valence-electron chi connectivity index (χ0n) is 19.9. The molecule has 7 heteroatoms. The molecule has 2 aromatic heterocycles. The molecule has 0 aliphatic carbocycles. The lowest BCUT2D eigenvalue weighted by Crippen LogP contribution is -2.56. The normalized spacial score (nSPS) is 26.9. The van der Waals surface area contributed by atoms with Crippen molar-refractivity contribution >= 4 is 17.1 Å². The van der Waals surface area contributed by atoms with Crippen LogP contribution in [0, 0.1) is 11.8 Å². The van der Waals surface area contributed by atoms with Crippen LogP contribution in [-0.4, -0.2) is 63.0 Å². The van der Waals surface area contributed by atoms with Crippen molar-refractivity contribution in [1.82, 2.24) is 24.7 Å². The Balaban J connectivity index is 1.25. The average molecular weight is 455 g/mol. The summed E-state index contributed by atoms with van der Waals surface area (Å²) in [6.45, 7) is 9.71. The number of nitrogens with one attached hydrogen (secondary N) is 1. The zero-order chi connectivity index (χ0) is 23.4. The van der Waals surface area contributed by atoms with E-state index in [1.54, 1.807) is 0 Å². The van der Waals surface area contributed by atoms with Crippen LogP contribution in [0.15, 0.2) is 71.5 Å². The van der Waals surface area contributed by atoms with Crippen molar-refractivity contribution in [3.05, 3.63) is 72.1 Å². The van der Waals surface area contributed by atoms with Crippen molar-refractivity contribution in [2.45, 2.75) is 26.6 Å². The first-order valence-electron chi connectivity index (χ1n) is 12.0. The molecule has 6 rings (SSSR count). The van der Waals surface area contributed by atoms with E-state index in [0.29, 0.717) is 17.4 Å². The van der Waals surface area contributed by atoms with Gasteiger partial charge in [-0.3, -0.25) is 9.69 Å². The molecule has 1 amide bonds. The number of aromatic nitrogens is 2. The second-order valence-electron chi connectivity index (χ2n) is 9.98. The smallest absolute Gasteiger partial charge is 0.258 e. The third-order valence-corrected chi connectivity index (χ3v) is 7.44. The summed E-state index contributed by atoms with van der Waals surface area (Å²) in [6, 6.07) is 15.9. The molecule has 2 saturated heterocycles. The Morgan fingerprint density at radius 1 is 1.00 bits per heavy atom. The fraction of sp³-hybridized carbons (Fsp3) is 0.370. The summed E-state index contributed by atoms with van der Waals surface area (Å²) in [5.41, 5.74) is 5.47. The topological polar surface area (TPSA) is 65.2 Å². The van der Waals surface area contributed by atoms with Crippen LogP contribution in [0.3, 0.4) is 0 Å². The number of fused-ring (bicyclic) bond motifs is 2. The van der Waals surface area contributed by atoms with Crippen LogP contribution in [0.2, 0.25) is 0 Å². The molecule has 0 saturated carbocycles. The number of hydrogen-bond acceptors (Lipinski definition) is 5. The van der Waals surface area contributed by atoms with E-state index in [0.717, 1.165) is 54.4 Å². The van der Waals surface area contributed by atoms with Crippen molar-refractivity contribution in [2.24, 2.45) is 16.8 Å². The minimum absolute atomic E-state index is 0.0793. The summed E-state index contributed by atoms with van der Waals surface area (Å²) >= 11 is 0. The van der Waals surface area contributed by atoms with Gasteiger partial charge >= 0.3 is 0 Å². The summed E-state index contributed by atoms with van der Waals surface area (Å²) in [5, 5.41) is 8.34. The highest BCUT2D eigenvalue weighted by molar-refractivity contribution is 6.06. The number of pyridine rings is 1. The van der Waals surface area contributed by atoms with Crippen molar-refractivity contribution in [1.29, 1.82) is 0 Å². The highest BCUT2D eigenvalue weighted by Crippen LogP contribution is 2.37. The minimum Gasteiger partial charge on any atom is -0.353 e. The van der Waals surface area contributed by atoms with Crippen LogP contribution in [0.4, 0.5) is 0 Å². The molecule has 1 aromatic carbocycles. The lowest BCUT2D eigenvalue weighted by atomic mass is 10.0. The Morgan fingerprint density at radius 3 is 2.41 bits per heavy atom. The molecule has 174 valence electrons. The molecule has 0 radical (unpaired) electrons. The summed E-state index contributed by atoms with van der Waals surface area (Å²) in [4.78, 5) is 23.3. The first-order valence-corrected chi connectivity index (χ1v) is 12.0. The molecule has 3 atom stereocenters. The summed E-state index contributed by atoms with van der Waals surface area (Å²) < 4.78 is 1.82. The second kappa shape index (κ2) is 7.81. The van der Waals surface area contributed by atoms with Crippen molar-refractivity contribution in [3.8, 4) is 11.3 Å². The standard InChI is InChI=1S/C27H30N6O/c1-18-13-19(2)29-27(3,28-18)32-16-21-14-31(15-22(21)17-32)26(34)24-23-11-7-8-12-33(23)30-25(24)20-9-5-4-6-10-20/h4-13,21-22,28H,14-17H2,1-3H3. The van der Waals surface area contributed by atoms with Crippen molar-refractivity contribution in [2.75, 3.05) is 26.2 Å². The maximum Gasteiger partial charge on any atom is 0.258 e. The lowest BCUT2D eigenvalue weighted by molar-refractivity contribution is 0.0731. The highest BCUT2D eigenvalue weighted by Gasteiger charge is 2.47. The first-order chi connectivity index (χ1) is 16.4. The monoisotopic (exact) mass is 454 g/mol. The minimum atomic E-state index is -0.412. The van der Waals surface area contributed by atoms with E-state index in [9.17, 15) is 4.79 Å². The van der Waals surface area contributed by atoms with Crippen LogP contribution in [0.1, 0.15) is 31.1 Å². The number of carbonyl (C=O) groups is 1. The molecule has 3 aliphatic rings. The van der Waals surface area contributed by atoms with Gasteiger partial charge in [0.1, 0.15) is 5.69 Å². The first kappa shape index (κ1) is 21.1. The number of allylic oxidation sites excluding steroid dienone is 2. The van der Waals surface area contributed by atoms with Gasteiger partial charge in [0, 0.05) is 49.3 Å². The van der Waals surface area contributed by atoms with E-state index >= 15 is 0 Å². The van der Waals surface area contributed by atoms with Gasteiger partial charge in [-0.1, -0.05) is 36.4 Å². The number of hydrogen-bond donors (Lipinski definition) is 1. The molecule has 1 N–H and O–H groups in total. The van der Waals surface area contributed by atoms with E-state index < -0.39 is 5.79 Å². The van der Waals surface area contributed by atoms with Gasteiger partial charge in [-0.25, -0.2) is 9.51 Å². The van der Waals surface area contributed by atoms with Gasteiger partial charge in [0.15, 0.2) is 5.79 Å². The summed E-state index contributed by atoms with van der Waals surface area (Å²) in [5.74, 6) is 0.568. The van der Waals surface area contributed by atoms with Crippen LogP contribution >= 0.6 is 0 Å².